The quantitative estimate of drug-likeness (QED) is 0.632. The van der Waals surface area contributed by atoms with Gasteiger partial charge in [0.05, 0.1) is 0 Å². The minimum absolute atomic E-state index is 0.797. The molecule has 0 unspecified atom stereocenters. The van der Waals surface area contributed by atoms with E-state index in [0.29, 0.717) is 0 Å². The van der Waals surface area contributed by atoms with Crippen LogP contribution < -0.4 is 4.57 Å². The molecule has 0 aliphatic rings. The summed E-state index contributed by atoms with van der Waals surface area (Å²) in [6.07, 6.45) is 2.11. The first kappa shape index (κ1) is 9.47. The number of pyridine rings is 1. The van der Waals surface area contributed by atoms with E-state index in [4.69, 9.17) is 11.6 Å². The average Bonchev–Trinajstić information content (AvgIpc) is 2.18. The lowest BCUT2D eigenvalue weighted by Crippen LogP contribution is -2.32. The highest BCUT2D eigenvalue weighted by Crippen LogP contribution is 2.18. The third kappa shape index (κ3) is 1.48. The molecular weight excluding hydrogens is 194 g/mol. The van der Waals surface area contributed by atoms with Gasteiger partial charge in [-0.1, -0.05) is 11.6 Å². The van der Waals surface area contributed by atoms with Crippen LogP contribution in [-0.2, 0) is 6.54 Å². The summed E-state index contributed by atoms with van der Waals surface area (Å²) in [6.45, 7) is 5.23. The van der Waals surface area contributed by atoms with E-state index in [-0.39, 0.29) is 0 Å². The topological polar surface area (TPSA) is 3.88 Å². The fourth-order valence-corrected chi connectivity index (χ4v) is 1.89. The van der Waals surface area contributed by atoms with Crippen molar-refractivity contribution in [1.29, 1.82) is 0 Å². The molecule has 2 aromatic rings. The fraction of sp³-hybridized carbons (Fsp3) is 0.250. The molecule has 72 valence electrons. The molecule has 1 nitrogen and oxygen atoms in total. The van der Waals surface area contributed by atoms with E-state index in [0.717, 1.165) is 11.6 Å². The predicted molar refractivity (Wildman–Crippen MR) is 59.6 cm³/mol. The predicted octanol–water partition coefficient (Wildman–Crippen LogP) is 3.11. The number of aromatic nitrogens is 1. The molecule has 0 atom stereocenters. The molecule has 1 aromatic carbocycles. The zero-order chi connectivity index (χ0) is 10.1. The summed E-state index contributed by atoms with van der Waals surface area (Å²) in [5.74, 6) is 0. The van der Waals surface area contributed by atoms with Crippen LogP contribution in [0.25, 0.3) is 10.9 Å². The summed E-state index contributed by atoms with van der Waals surface area (Å²) >= 11 is 5.99. The van der Waals surface area contributed by atoms with E-state index in [1.807, 2.05) is 12.1 Å². The Kier molecular flexibility index (Phi) is 2.42. The first-order chi connectivity index (χ1) is 6.72. The molecule has 1 heterocycles. The van der Waals surface area contributed by atoms with Crippen LogP contribution >= 0.6 is 11.6 Å². The SMILES string of the molecule is CC[n+]1ccc(C)c2ccc(Cl)cc21. The van der Waals surface area contributed by atoms with E-state index in [1.54, 1.807) is 0 Å². The van der Waals surface area contributed by atoms with Crippen molar-refractivity contribution in [2.75, 3.05) is 0 Å². The molecule has 2 heteroatoms. The number of benzene rings is 1. The summed E-state index contributed by atoms with van der Waals surface area (Å²) in [7, 11) is 0. The Labute approximate surface area is 88.9 Å². The van der Waals surface area contributed by atoms with Crippen molar-refractivity contribution in [3.8, 4) is 0 Å². The van der Waals surface area contributed by atoms with Crippen molar-refractivity contribution in [3.05, 3.63) is 41.0 Å². The van der Waals surface area contributed by atoms with Crippen LogP contribution in [-0.4, -0.2) is 0 Å². The highest BCUT2D eigenvalue weighted by molar-refractivity contribution is 6.31. The van der Waals surface area contributed by atoms with Crippen molar-refractivity contribution in [3.63, 3.8) is 0 Å². The van der Waals surface area contributed by atoms with Crippen LogP contribution in [0.15, 0.2) is 30.5 Å². The Balaban J connectivity index is 2.85. The lowest BCUT2D eigenvalue weighted by atomic mass is 10.1. The molecule has 1 aromatic heterocycles. The Hall–Kier alpha value is -1.08. The van der Waals surface area contributed by atoms with Crippen LogP contribution in [0.1, 0.15) is 12.5 Å². The van der Waals surface area contributed by atoms with Gasteiger partial charge in [0.2, 0.25) is 5.52 Å². The van der Waals surface area contributed by atoms with Crippen molar-refractivity contribution >= 4 is 22.5 Å². The summed E-state index contributed by atoms with van der Waals surface area (Å²) in [5.41, 5.74) is 2.50. The maximum absolute atomic E-state index is 5.99. The Bertz CT molecular complexity index is 477. The summed E-state index contributed by atoms with van der Waals surface area (Å²) < 4.78 is 2.20. The monoisotopic (exact) mass is 206 g/mol. The van der Waals surface area contributed by atoms with Crippen molar-refractivity contribution in [2.24, 2.45) is 0 Å². The average molecular weight is 207 g/mol. The first-order valence-corrected chi connectivity index (χ1v) is 5.18. The van der Waals surface area contributed by atoms with Crippen molar-refractivity contribution < 1.29 is 4.57 Å². The van der Waals surface area contributed by atoms with Crippen LogP contribution in [0.2, 0.25) is 5.02 Å². The van der Waals surface area contributed by atoms with E-state index < -0.39 is 0 Å². The number of aryl methyl sites for hydroxylation is 2. The molecule has 0 aliphatic heterocycles. The molecule has 0 amide bonds. The minimum Gasteiger partial charge on any atom is -0.199 e. The molecule has 0 saturated heterocycles. The second kappa shape index (κ2) is 3.58. The van der Waals surface area contributed by atoms with Gasteiger partial charge in [-0.2, -0.15) is 4.57 Å². The van der Waals surface area contributed by atoms with E-state index >= 15 is 0 Å². The summed E-state index contributed by atoms with van der Waals surface area (Å²) in [4.78, 5) is 0. The van der Waals surface area contributed by atoms with Gasteiger partial charge in [0.25, 0.3) is 0 Å². The molecule has 0 fully saturated rings. The van der Waals surface area contributed by atoms with Gasteiger partial charge in [-0.15, -0.1) is 0 Å². The number of halogens is 1. The van der Waals surface area contributed by atoms with Gasteiger partial charge in [-0.05, 0) is 31.5 Å². The van der Waals surface area contributed by atoms with Gasteiger partial charge >= 0.3 is 0 Å². The standard InChI is InChI=1S/C12H13ClN/c1-3-14-7-6-9(2)11-5-4-10(13)8-12(11)14/h4-8H,3H2,1-2H3/q+1. The number of hydrogen-bond acceptors (Lipinski definition) is 0. The highest BCUT2D eigenvalue weighted by Gasteiger charge is 2.08. The maximum atomic E-state index is 5.99. The lowest BCUT2D eigenvalue weighted by Gasteiger charge is -2.02. The Morgan fingerprint density at radius 1 is 1.29 bits per heavy atom. The normalized spacial score (nSPS) is 10.8. The second-order valence-corrected chi connectivity index (χ2v) is 3.88. The van der Waals surface area contributed by atoms with Gasteiger partial charge < -0.3 is 0 Å². The zero-order valence-electron chi connectivity index (χ0n) is 8.42. The molecule has 0 radical (unpaired) electrons. The molecule has 14 heavy (non-hydrogen) atoms. The van der Waals surface area contributed by atoms with E-state index in [2.05, 4.69) is 36.7 Å². The smallest absolute Gasteiger partial charge is 0.199 e. The van der Waals surface area contributed by atoms with Gasteiger partial charge in [0.15, 0.2) is 6.20 Å². The summed E-state index contributed by atoms with van der Waals surface area (Å²) in [6, 6.07) is 8.18. The first-order valence-electron chi connectivity index (χ1n) is 4.80. The molecule has 0 saturated carbocycles. The Morgan fingerprint density at radius 2 is 2.07 bits per heavy atom. The molecule has 2 rings (SSSR count). The third-order valence-corrected chi connectivity index (χ3v) is 2.77. The number of hydrogen-bond donors (Lipinski definition) is 0. The number of rotatable bonds is 1. The number of fused-ring (bicyclic) bond motifs is 1. The molecule has 0 aliphatic carbocycles. The molecule has 0 N–H and O–H groups in total. The van der Waals surface area contributed by atoms with E-state index in [1.165, 1.54) is 16.5 Å². The molecule has 0 spiro atoms. The van der Waals surface area contributed by atoms with Crippen LogP contribution in [0.5, 0.6) is 0 Å². The Morgan fingerprint density at radius 3 is 2.79 bits per heavy atom. The van der Waals surface area contributed by atoms with Gasteiger partial charge in [0.1, 0.15) is 6.54 Å². The van der Waals surface area contributed by atoms with Crippen LogP contribution in [0.3, 0.4) is 0 Å². The van der Waals surface area contributed by atoms with Crippen molar-refractivity contribution in [2.45, 2.75) is 20.4 Å². The van der Waals surface area contributed by atoms with Gasteiger partial charge in [0, 0.05) is 22.5 Å². The summed E-state index contributed by atoms with van der Waals surface area (Å²) in [5, 5.41) is 2.07. The van der Waals surface area contributed by atoms with E-state index in [9.17, 15) is 0 Å². The lowest BCUT2D eigenvalue weighted by molar-refractivity contribution is -0.667. The van der Waals surface area contributed by atoms with Crippen molar-refractivity contribution in [1.82, 2.24) is 0 Å². The molecular formula is C12H13ClN+. The minimum atomic E-state index is 0.797. The maximum Gasteiger partial charge on any atom is 0.214 e. The fourth-order valence-electron chi connectivity index (χ4n) is 1.72. The van der Waals surface area contributed by atoms with Gasteiger partial charge in [-0.3, -0.25) is 0 Å². The largest absolute Gasteiger partial charge is 0.214 e. The van der Waals surface area contributed by atoms with Crippen LogP contribution in [0.4, 0.5) is 0 Å². The molecule has 0 bridgehead atoms. The van der Waals surface area contributed by atoms with Gasteiger partial charge in [-0.25, -0.2) is 0 Å². The van der Waals surface area contributed by atoms with Crippen LogP contribution in [0, 0.1) is 6.92 Å². The zero-order valence-corrected chi connectivity index (χ0v) is 9.17. The number of nitrogens with zero attached hydrogens (tertiary/aromatic N) is 1. The second-order valence-electron chi connectivity index (χ2n) is 3.45. The third-order valence-electron chi connectivity index (χ3n) is 2.54. The highest BCUT2D eigenvalue weighted by atomic mass is 35.5.